The number of hydrogen-bond donors (Lipinski definition) is 1. The minimum atomic E-state index is -0.306. The lowest BCUT2D eigenvalue weighted by molar-refractivity contribution is 0.627. The molecule has 0 saturated heterocycles. The Bertz CT molecular complexity index is 631. The molecule has 0 fully saturated rings. The van der Waals surface area contributed by atoms with Crippen LogP contribution in [0.3, 0.4) is 0 Å². The van der Waals surface area contributed by atoms with E-state index in [4.69, 9.17) is 29.6 Å². The zero-order valence-electron chi connectivity index (χ0n) is 10.2. The molecule has 19 heavy (non-hydrogen) atoms. The first kappa shape index (κ1) is 13.8. The number of nitrogens with two attached hydrogens (primary N) is 1. The van der Waals surface area contributed by atoms with Crippen LogP contribution in [-0.4, -0.2) is 12.0 Å². The third-order valence-electron chi connectivity index (χ3n) is 2.81. The Kier molecular flexibility index (Phi) is 4.02. The number of nitrogens with zero attached hydrogens (tertiary/aromatic N) is 1. The molecule has 0 bridgehead atoms. The number of hydrogen-bond acceptors (Lipinski definition) is 2. The van der Waals surface area contributed by atoms with E-state index < -0.39 is 0 Å². The summed E-state index contributed by atoms with van der Waals surface area (Å²) in [5.74, 6) is -0.306. The fourth-order valence-electron chi connectivity index (χ4n) is 1.79. The SMILES string of the molecule is CN(c1ccccc1F)c1ccc(C(N)=S)cc1Cl. The Morgan fingerprint density at radius 3 is 2.47 bits per heavy atom. The average molecular weight is 295 g/mol. The molecule has 0 aliphatic rings. The predicted octanol–water partition coefficient (Wildman–Crippen LogP) is 3.88. The first-order valence-corrected chi connectivity index (χ1v) is 6.37. The molecule has 5 heteroatoms. The Morgan fingerprint density at radius 2 is 1.89 bits per heavy atom. The molecule has 0 atom stereocenters. The van der Waals surface area contributed by atoms with Crippen molar-refractivity contribution < 1.29 is 4.39 Å². The summed E-state index contributed by atoms with van der Waals surface area (Å²) >= 11 is 11.1. The van der Waals surface area contributed by atoms with Gasteiger partial charge in [0.05, 0.1) is 16.4 Å². The summed E-state index contributed by atoms with van der Waals surface area (Å²) in [6.07, 6.45) is 0. The van der Waals surface area contributed by atoms with Crippen molar-refractivity contribution in [2.45, 2.75) is 0 Å². The van der Waals surface area contributed by atoms with Gasteiger partial charge in [-0.15, -0.1) is 0 Å². The van der Waals surface area contributed by atoms with Crippen molar-refractivity contribution in [1.29, 1.82) is 0 Å². The number of benzene rings is 2. The van der Waals surface area contributed by atoms with Gasteiger partial charge in [0, 0.05) is 12.6 Å². The van der Waals surface area contributed by atoms with Crippen LogP contribution in [0.5, 0.6) is 0 Å². The largest absolute Gasteiger partial charge is 0.389 e. The quantitative estimate of drug-likeness (QED) is 0.871. The molecular formula is C14H12ClFN2S. The molecule has 98 valence electrons. The van der Waals surface area contributed by atoms with Crippen molar-refractivity contribution in [3.8, 4) is 0 Å². The summed E-state index contributed by atoms with van der Waals surface area (Å²) in [5.41, 5.74) is 7.37. The van der Waals surface area contributed by atoms with E-state index in [1.54, 1.807) is 48.3 Å². The average Bonchev–Trinajstić information content (AvgIpc) is 2.38. The van der Waals surface area contributed by atoms with Gasteiger partial charge >= 0.3 is 0 Å². The highest BCUT2D eigenvalue weighted by molar-refractivity contribution is 7.80. The Balaban J connectivity index is 2.42. The second-order valence-electron chi connectivity index (χ2n) is 4.04. The molecule has 2 nitrogen and oxygen atoms in total. The van der Waals surface area contributed by atoms with Crippen LogP contribution in [0.25, 0.3) is 0 Å². The highest BCUT2D eigenvalue weighted by Gasteiger charge is 2.12. The molecule has 0 aromatic heterocycles. The van der Waals surface area contributed by atoms with Gasteiger partial charge < -0.3 is 10.6 Å². The standard InChI is InChI=1S/C14H12ClFN2S/c1-18(13-5-3-2-4-11(13)16)12-7-6-9(14(17)19)8-10(12)15/h2-8H,1H3,(H2,17,19). The molecule has 2 rings (SSSR count). The van der Waals surface area contributed by atoms with Crippen LogP contribution >= 0.6 is 23.8 Å². The monoisotopic (exact) mass is 294 g/mol. The van der Waals surface area contributed by atoms with E-state index in [1.165, 1.54) is 6.07 Å². The van der Waals surface area contributed by atoms with Gasteiger partial charge in [-0.25, -0.2) is 4.39 Å². The molecule has 0 spiro atoms. The van der Waals surface area contributed by atoms with Gasteiger partial charge in [-0.05, 0) is 30.3 Å². The number of anilines is 2. The highest BCUT2D eigenvalue weighted by atomic mass is 35.5. The van der Waals surface area contributed by atoms with E-state index in [-0.39, 0.29) is 10.8 Å². The molecule has 2 N–H and O–H groups in total. The third kappa shape index (κ3) is 2.85. The molecule has 0 aliphatic carbocycles. The maximum absolute atomic E-state index is 13.7. The van der Waals surface area contributed by atoms with Gasteiger partial charge in [0.2, 0.25) is 0 Å². The fraction of sp³-hybridized carbons (Fsp3) is 0.0714. The minimum Gasteiger partial charge on any atom is -0.389 e. The zero-order chi connectivity index (χ0) is 14.0. The molecule has 2 aromatic carbocycles. The molecule has 0 unspecified atom stereocenters. The van der Waals surface area contributed by atoms with Crippen molar-refractivity contribution in [3.63, 3.8) is 0 Å². The third-order valence-corrected chi connectivity index (χ3v) is 3.35. The summed E-state index contributed by atoms with van der Waals surface area (Å²) in [7, 11) is 1.75. The Hall–Kier alpha value is -1.65. The zero-order valence-corrected chi connectivity index (χ0v) is 11.8. The lowest BCUT2D eigenvalue weighted by atomic mass is 10.2. The lowest BCUT2D eigenvalue weighted by Crippen LogP contribution is -2.13. The molecule has 0 amide bonds. The van der Waals surface area contributed by atoms with Crippen LogP contribution in [0.2, 0.25) is 5.02 Å². The highest BCUT2D eigenvalue weighted by Crippen LogP contribution is 2.32. The van der Waals surface area contributed by atoms with Gasteiger partial charge in [-0.3, -0.25) is 0 Å². The second-order valence-corrected chi connectivity index (χ2v) is 4.89. The van der Waals surface area contributed by atoms with Crippen LogP contribution in [0.4, 0.5) is 15.8 Å². The van der Waals surface area contributed by atoms with Crippen LogP contribution in [0.1, 0.15) is 5.56 Å². The molecule has 0 radical (unpaired) electrons. The van der Waals surface area contributed by atoms with Crippen LogP contribution in [-0.2, 0) is 0 Å². The summed E-state index contributed by atoms with van der Waals surface area (Å²) in [6.45, 7) is 0. The molecular weight excluding hydrogens is 283 g/mol. The van der Waals surface area contributed by atoms with Crippen molar-refractivity contribution in [2.24, 2.45) is 5.73 Å². The Labute approximate surface area is 121 Å². The van der Waals surface area contributed by atoms with Gasteiger partial charge in [0.15, 0.2) is 0 Å². The molecule has 2 aromatic rings. The van der Waals surface area contributed by atoms with Crippen molar-refractivity contribution >= 4 is 40.2 Å². The number of thiocarbonyl (C=S) groups is 1. The van der Waals surface area contributed by atoms with E-state index in [2.05, 4.69) is 0 Å². The van der Waals surface area contributed by atoms with Gasteiger partial charge in [-0.1, -0.05) is 36.0 Å². The topological polar surface area (TPSA) is 29.3 Å². The molecule has 0 aliphatic heterocycles. The summed E-state index contributed by atoms with van der Waals surface area (Å²) in [4.78, 5) is 1.96. The fourth-order valence-corrected chi connectivity index (χ4v) is 2.22. The maximum atomic E-state index is 13.7. The number of para-hydroxylation sites is 1. The van der Waals surface area contributed by atoms with Crippen molar-refractivity contribution in [3.05, 3.63) is 58.9 Å². The number of rotatable bonds is 3. The van der Waals surface area contributed by atoms with Crippen LogP contribution in [0, 0.1) is 5.82 Å². The molecule has 0 heterocycles. The normalized spacial score (nSPS) is 10.3. The summed E-state index contributed by atoms with van der Waals surface area (Å²) in [5, 5.41) is 0.469. The minimum absolute atomic E-state index is 0.280. The summed E-state index contributed by atoms with van der Waals surface area (Å²) in [6, 6.07) is 11.7. The Morgan fingerprint density at radius 1 is 1.21 bits per heavy atom. The smallest absolute Gasteiger partial charge is 0.146 e. The van der Waals surface area contributed by atoms with Gasteiger partial charge in [-0.2, -0.15) is 0 Å². The van der Waals surface area contributed by atoms with Crippen molar-refractivity contribution in [2.75, 3.05) is 11.9 Å². The van der Waals surface area contributed by atoms with E-state index in [0.29, 0.717) is 22.0 Å². The maximum Gasteiger partial charge on any atom is 0.146 e. The van der Waals surface area contributed by atoms with Crippen molar-refractivity contribution in [1.82, 2.24) is 0 Å². The first-order chi connectivity index (χ1) is 9.00. The lowest BCUT2D eigenvalue weighted by Gasteiger charge is -2.21. The molecule has 0 saturated carbocycles. The van der Waals surface area contributed by atoms with Gasteiger partial charge in [0.25, 0.3) is 0 Å². The van der Waals surface area contributed by atoms with E-state index >= 15 is 0 Å². The van der Waals surface area contributed by atoms with E-state index in [1.807, 2.05) is 0 Å². The predicted molar refractivity (Wildman–Crippen MR) is 81.8 cm³/mol. The first-order valence-electron chi connectivity index (χ1n) is 5.58. The number of halogens is 2. The van der Waals surface area contributed by atoms with Crippen LogP contribution in [0.15, 0.2) is 42.5 Å². The summed E-state index contributed by atoms with van der Waals surface area (Å²) < 4.78 is 13.7. The second kappa shape index (κ2) is 5.55. The van der Waals surface area contributed by atoms with Crippen LogP contribution < -0.4 is 10.6 Å². The van der Waals surface area contributed by atoms with Gasteiger partial charge in [0.1, 0.15) is 10.8 Å². The van der Waals surface area contributed by atoms with E-state index in [0.717, 1.165) is 0 Å². The van der Waals surface area contributed by atoms with E-state index in [9.17, 15) is 4.39 Å².